The van der Waals surface area contributed by atoms with Gasteiger partial charge in [-0.25, -0.2) is 4.68 Å². The van der Waals surface area contributed by atoms with Gasteiger partial charge in [0.15, 0.2) is 5.82 Å². The Morgan fingerprint density at radius 2 is 2.47 bits per heavy atom. The summed E-state index contributed by atoms with van der Waals surface area (Å²) >= 11 is 0. The van der Waals surface area contributed by atoms with Crippen LogP contribution in [0.4, 0.5) is 6.01 Å². The van der Waals surface area contributed by atoms with Crippen molar-refractivity contribution in [3.63, 3.8) is 0 Å². The summed E-state index contributed by atoms with van der Waals surface area (Å²) < 4.78 is 6.12. The fourth-order valence-electron chi connectivity index (χ4n) is 1.16. The smallest absolute Gasteiger partial charge is 0.325 e. The number of aryl methyl sites for hydroxylation is 1. The van der Waals surface area contributed by atoms with E-state index in [2.05, 4.69) is 25.8 Å². The number of hydrogen-bond donors (Lipinski definition) is 2. The number of nitrogens with two attached hydrogens (primary N) is 1. The van der Waals surface area contributed by atoms with Crippen molar-refractivity contribution in [2.45, 2.75) is 20.0 Å². The van der Waals surface area contributed by atoms with Crippen LogP contribution < -0.4 is 11.1 Å². The predicted molar refractivity (Wildman–Crippen MR) is 55.6 cm³/mol. The first kappa shape index (κ1) is 11.2. The Bertz CT molecular complexity index is 517. The molecule has 0 radical (unpaired) electrons. The van der Waals surface area contributed by atoms with Crippen molar-refractivity contribution >= 4 is 11.9 Å². The van der Waals surface area contributed by atoms with Crippen LogP contribution in [0.2, 0.25) is 0 Å². The average Bonchev–Trinajstić information content (AvgIpc) is 2.88. The molecule has 0 fully saturated rings. The minimum Gasteiger partial charge on any atom is -0.325 e. The molecule has 2 aromatic heterocycles. The number of nitrogens with zero attached hydrogens (tertiary/aromatic N) is 5. The van der Waals surface area contributed by atoms with E-state index >= 15 is 0 Å². The van der Waals surface area contributed by atoms with E-state index < -0.39 is 0 Å². The topological polar surface area (TPSA) is 125 Å². The number of amides is 1. The predicted octanol–water partition coefficient (Wildman–Crippen LogP) is -0.933. The van der Waals surface area contributed by atoms with Crippen molar-refractivity contribution in [3.8, 4) is 0 Å². The van der Waals surface area contributed by atoms with Gasteiger partial charge in [-0.1, -0.05) is 10.4 Å². The van der Waals surface area contributed by atoms with E-state index in [-0.39, 0.29) is 25.0 Å². The van der Waals surface area contributed by atoms with Gasteiger partial charge in [0.1, 0.15) is 6.54 Å². The molecule has 0 saturated carbocycles. The summed E-state index contributed by atoms with van der Waals surface area (Å²) in [6, 6.07) is 0.0617. The number of carbonyl (C=O) groups excluding carboxylic acids is 1. The quantitative estimate of drug-likeness (QED) is 0.703. The van der Waals surface area contributed by atoms with Gasteiger partial charge in [-0.15, -0.1) is 5.10 Å². The van der Waals surface area contributed by atoms with E-state index in [1.54, 1.807) is 13.1 Å². The van der Waals surface area contributed by atoms with Crippen LogP contribution in [0, 0.1) is 6.92 Å². The zero-order chi connectivity index (χ0) is 12.3. The average molecular weight is 237 g/mol. The number of anilines is 1. The van der Waals surface area contributed by atoms with Gasteiger partial charge in [0.2, 0.25) is 5.91 Å². The molecule has 1 amide bonds. The Morgan fingerprint density at radius 1 is 1.65 bits per heavy atom. The molecule has 2 heterocycles. The van der Waals surface area contributed by atoms with Gasteiger partial charge in [0, 0.05) is 6.54 Å². The first-order valence-electron chi connectivity index (χ1n) is 4.86. The van der Waals surface area contributed by atoms with Crippen molar-refractivity contribution in [1.82, 2.24) is 25.1 Å². The van der Waals surface area contributed by atoms with E-state index in [4.69, 9.17) is 10.3 Å². The lowest BCUT2D eigenvalue weighted by atomic mass is 10.5. The molecule has 3 N–H and O–H groups in total. The fourth-order valence-corrected chi connectivity index (χ4v) is 1.16. The lowest BCUT2D eigenvalue weighted by Crippen LogP contribution is -2.19. The number of rotatable bonds is 4. The van der Waals surface area contributed by atoms with E-state index in [1.807, 2.05) is 0 Å². The summed E-state index contributed by atoms with van der Waals surface area (Å²) in [4.78, 5) is 15.4. The zero-order valence-corrected chi connectivity index (χ0v) is 9.12. The molecule has 0 aliphatic carbocycles. The number of nitrogens with one attached hydrogen (secondary N) is 1. The molecule has 90 valence electrons. The van der Waals surface area contributed by atoms with Crippen molar-refractivity contribution in [2.24, 2.45) is 5.73 Å². The lowest BCUT2D eigenvalue weighted by Gasteiger charge is -1.98. The van der Waals surface area contributed by atoms with E-state index in [9.17, 15) is 4.79 Å². The van der Waals surface area contributed by atoms with Crippen LogP contribution in [-0.2, 0) is 17.9 Å². The summed E-state index contributed by atoms with van der Waals surface area (Å²) in [6.45, 7) is 1.95. The minimum absolute atomic E-state index is 0.00836. The van der Waals surface area contributed by atoms with Gasteiger partial charge in [-0.2, -0.15) is 4.98 Å². The van der Waals surface area contributed by atoms with Gasteiger partial charge in [0.25, 0.3) is 0 Å². The fraction of sp³-hybridized carbons (Fsp3) is 0.375. The van der Waals surface area contributed by atoms with Crippen LogP contribution in [0.5, 0.6) is 0 Å². The van der Waals surface area contributed by atoms with Gasteiger partial charge in [0.05, 0.1) is 11.9 Å². The number of aromatic nitrogens is 5. The maximum absolute atomic E-state index is 11.5. The molecule has 0 spiro atoms. The minimum atomic E-state index is -0.331. The van der Waals surface area contributed by atoms with Gasteiger partial charge < -0.3 is 10.3 Å². The highest BCUT2D eigenvalue weighted by Gasteiger charge is 2.09. The van der Waals surface area contributed by atoms with E-state index in [1.165, 1.54) is 4.68 Å². The van der Waals surface area contributed by atoms with Crippen LogP contribution >= 0.6 is 0 Å². The monoisotopic (exact) mass is 237 g/mol. The molecule has 2 rings (SSSR count). The summed E-state index contributed by atoms with van der Waals surface area (Å²) in [6.07, 6.45) is 1.60. The Labute approximate surface area is 96.0 Å². The highest BCUT2D eigenvalue weighted by atomic mass is 16.5. The molecule has 2 aromatic rings. The third kappa shape index (κ3) is 2.84. The second-order valence-corrected chi connectivity index (χ2v) is 3.31. The van der Waals surface area contributed by atoms with Crippen molar-refractivity contribution in [1.29, 1.82) is 0 Å². The van der Waals surface area contributed by atoms with E-state index in [0.717, 1.165) is 0 Å². The summed E-state index contributed by atoms with van der Waals surface area (Å²) in [5.74, 6) is 0.119. The Balaban J connectivity index is 1.93. The van der Waals surface area contributed by atoms with Crippen LogP contribution in [-0.4, -0.2) is 31.0 Å². The number of hydrogen-bond acceptors (Lipinski definition) is 7. The van der Waals surface area contributed by atoms with Crippen LogP contribution in [0.25, 0.3) is 0 Å². The zero-order valence-electron chi connectivity index (χ0n) is 9.12. The molecule has 0 aliphatic heterocycles. The van der Waals surface area contributed by atoms with Crippen LogP contribution in [0.1, 0.15) is 11.5 Å². The van der Waals surface area contributed by atoms with Crippen molar-refractivity contribution in [2.75, 3.05) is 5.32 Å². The largest absolute Gasteiger partial charge is 0.328 e. The molecule has 9 nitrogen and oxygen atoms in total. The van der Waals surface area contributed by atoms with Crippen molar-refractivity contribution in [3.05, 3.63) is 17.7 Å². The third-order valence-electron chi connectivity index (χ3n) is 1.87. The van der Waals surface area contributed by atoms with Crippen LogP contribution in [0.3, 0.4) is 0 Å². The first-order chi connectivity index (χ1) is 8.17. The molecular weight excluding hydrogens is 226 g/mol. The SMILES string of the molecule is Cc1noc(NC(=O)Cn2cc(CN)nn2)n1. The Morgan fingerprint density at radius 3 is 3.06 bits per heavy atom. The highest BCUT2D eigenvalue weighted by Crippen LogP contribution is 2.02. The van der Waals surface area contributed by atoms with Crippen molar-refractivity contribution < 1.29 is 9.32 Å². The lowest BCUT2D eigenvalue weighted by molar-refractivity contribution is -0.117. The van der Waals surface area contributed by atoms with Gasteiger partial charge >= 0.3 is 6.01 Å². The third-order valence-corrected chi connectivity index (χ3v) is 1.87. The Hall–Kier alpha value is -2.29. The summed E-state index contributed by atoms with van der Waals surface area (Å²) in [5, 5.41) is 13.5. The molecule has 0 unspecified atom stereocenters. The molecule has 0 atom stereocenters. The van der Waals surface area contributed by atoms with Crippen LogP contribution in [0.15, 0.2) is 10.7 Å². The molecular formula is C8H11N7O2. The molecule has 0 bridgehead atoms. The molecule has 9 heteroatoms. The molecule has 17 heavy (non-hydrogen) atoms. The molecule has 0 saturated heterocycles. The Kier molecular flexibility index (Phi) is 3.10. The van der Waals surface area contributed by atoms with Gasteiger partial charge in [-0.3, -0.25) is 10.1 Å². The van der Waals surface area contributed by atoms with E-state index in [0.29, 0.717) is 11.5 Å². The maximum atomic E-state index is 11.5. The second-order valence-electron chi connectivity index (χ2n) is 3.31. The summed E-state index contributed by atoms with van der Waals surface area (Å²) in [7, 11) is 0. The summed E-state index contributed by atoms with van der Waals surface area (Å²) in [5.41, 5.74) is 5.99. The number of carbonyl (C=O) groups is 1. The molecule has 0 aliphatic rings. The van der Waals surface area contributed by atoms with Gasteiger partial charge in [-0.05, 0) is 6.92 Å². The molecule has 0 aromatic carbocycles. The first-order valence-corrected chi connectivity index (χ1v) is 4.86. The normalized spacial score (nSPS) is 10.5. The highest BCUT2D eigenvalue weighted by molar-refractivity contribution is 5.88. The second kappa shape index (κ2) is 4.70. The maximum Gasteiger partial charge on any atom is 0.328 e. The standard InChI is InChI=1S/C8H11N7O2/c1-5-10-8(17-13-5)11-7(16)4-15-3-6(2-9)12-14-15/h3H,2,4,9H2,1H3,(H,10,11,13,16).